The van der Waals surface area contributed by atoms with Gasteiger partial charge in [-0.3, -0.25) is 0 Å². The Morgan fingerprint density at radius 1 is 1.04 bits per heavy atom. The number of hydrogen-bond donors (Lipinski definition) is 3. The zero-order valence-corrected chi connectivity index (χ0v) is 14.0. The van der Waals surface area contributed by atoms with Crippen LogP contribution in [-0.4, -0.2) is 37.4 Å². The third kappa shape index (κ3) is 5.42. The molecule has 0 aliphatic rings. The average molecular weight is 344 g/mol. The van der Waals surface area contributed by atoms with Crippen molar-refractivity contribution < 1.29 is 24.2 Å². The van der Waals surface area contributed by atoms with Gasteiger partial charge in [0.15, 0.2) is 0 Å². The van der Waals surface area contributed by atoms with E-state index in [4.69, 9.17) is 9.47 Å². The minimum atomic E-state index is -1.11. The van der Waals surface area contributed by atoms with E-state index in [9.17, 15) is 14.7 Å². The Balaban J connectivity index is 2.05. The summed E-state index contributed by atoms with van der Waals surface area (Å²) in [6.07, 6.45) is 0.186. The first-order valence-corrected chi connectivity index (χ1v) is 7.59. The van der Waals surface area contributed by atoms with Gasteiger partial charge in [0.1, 0.15) is 17.5 Å². The highest BCUT2D eigenvalue weighted by atomic mass is 16.5. The fourth-order valence-electron chi connectivity index (χ4n) is 2.25. The van der Waals surface area contributed by atoms with Gasteiger partial charge >= 0.3 is 12.0 Å². The summed E-state index contributed by atoms with van der Waals surface area (Å²) >= 11 is 0. The van der Waals surface area contributed by atoms with Crippen LogP contribution in [0.2, 0.25) is 0 Å². The van der Waals surface area contributed by atoms with Crippen LogP contribution < -0.4 is 20.1 Å². The van der Waals surface area contributed by atoms with E-state index in [0.717, 1.165) is 5.56 Å². The lowest BCUT2D eigenvalue weighted by molar-refractivity contribution is -0.139. The summed E-state index contributed by atoms with van der Waals surface area (Å²) in [5, 5.41) is 14.4. The summed E-state index contributed by atoms with van der Waals surface area (Å²) in [6, 6.07) is 12.3. The van der Waals surface area contributed by atoms with Gasteiger partial charge in [0.05, 0.1) is 14.2 Å². The Hall–Kier alpha value is -3.22. The number of hydrogen-bond acceptors (Lipinski definition) is 4. The summed E-state index contributed by atoms with van der Waals surface area (Å²) in [7, 11) is 3.00. The number of carboxylic acid groups (broad SMARTS) is 1. The largest absolute Gasteiger partial charge is 0.497 e. The Bertz CT molecular complexity index is 711. The molecule has 0 unspecified atom stereocenters. The van der Waals surface area contributed by atoms with Crippen molar-refractivity contribution in [2.45, 2.75) is 12.5 Å². The molecule has 3 N–H and O–H groups in total. The molecular weight excluding hydrogens is 324 g/mol. The normalized spacial score (nSPS) is 11.3. The van der Waals surface area contributed by atoms with Crippen LogP contribution >= 0.6 is 0 Å². The number of urea groups is 1. The molecule has 7 nitrogen and oxygen atoms in total. The summed E-state index contributed by atoms with van der Waals surface area (Å²) < 4.78 is 10.3. The molecule has 0 saturated heterocycles. The smallest absolute Gasteiger partial charge is 0.326 e. The van der Waals surface area contributed by atoms with E-state index in [2.05, 4.69) is 10.6 Å². The van der Waals surface area contributed by atoms with Gasteiger partial charge in [-0.25, -0.2) is 9.59 Å². The molecule has 2 rings (SSSR count). The molecule has 0 saturated carbocycles. The zero-order chi connectivity index (χ0) is 18.2. The molecule has 0 aliphatic heterocycles. The Labute approximate surface area is 145 Å². The van der Waals surface area contributed by atoms with E-state index in [1.165, 1.54) is 14.2 Å². The van der Waals surface area contributed by atoms with Crippen molar-refractivity contribution >= 4 is 17.7 Å². The van der Waals surface area contributed by atoms with E-state index in [-0.39, 0.29) is 6.42 Å². The van der Waals surface area contributed by atoms with Gasteiger partial charge < -0.3 is 25.2 Å². The monoisotopic (exact) mass is 344 g/mol. The molecule has 0 spiro atoms. The van der Waals surface area contributed by atoms with Crippen LogP contribution in [0.3, 0.4) is 0 Å². The van der Waals surface area contributed by atoms with Crippen LogP contribution in [0.1, 0.15) is 5.56 Å². The lowest BCUT2D eigenvalue weighted by Gasteiger charge is -2.16. The number of aliphatic carboxylic acids is 1. The van der Waals surface area contributed by atoms with E-state index < -0.39 is 18.0 Å². The van der Waals surface area contributed by atoms with Gasteiger partial charge in [-0.05, 0) is 5.56 Å². The highest BCUT2D eigenvalue weighted by Gasteiger charge is 2.20. The fraction of sp³-hybridized carbons (Fsp3) is 0.222. The van der Waals surface area contributed by atoms with Crippen molar-refractivity contribution in [3.63, 3.8) is 0 Å². The number of ether oxygens (including phenoxy) is 2. The van der Waals surface area contributed by atoms with Crippen molar-refractivity contribution in [1.29, 1.82) is 0 Å². The summed E-state index contributed by atoms with van der Waals surface area (Å²) in [4.78, 5) is 23.6. The summed E-state index contributed by atoms with van der Waals surface area (Å²) in [6.45, 7) is 0. The number of amides is 2. The highest BCUT2D eigenvalue weighted by Crippen LogP contribution is 2.25. The fourth-order valence-corrected chi connectivity index (χ4v) is 2.25. The third-order valence-corrected chi connectivity index (χ3v) is 3.50. The maximum absolute atomic E-state index is 12.1. The van der Waals surface area contributed by atoms with Crippen molar-refractivity contribution in [1.82, 2.24) is 5.32 Å². The molecule has 0 aromatic heterocycles. The molecule has 0 bridgehead atoms. The summed E-state index contributed by atoms with van der Waals surface area (Å²) in [5.41, 5.74) is 1.25. The molecular formula is C18H20N2O5. The minimum Gasteiger partial charge on any atom is -0.497 e. The van der Waals surface area contributed by atoms with Crippen molar-refractivity contribution in [3.05, 3.63) is 54.1 Å². The molecule has 132 valence electrons. The van der Waals surface area contributed by atoms with Crippen LogP contribution in [0.15, 0.2) is 48.5 Å². The predicted molar refractivity (Wildman–Crippen MR) is 93.3 cm³/mol. The van der Waals surface area contributed by atoms with Crippen LogP contribution in [-0.2, 0) is 11.2 Å². The molecule has 2 aromatic rings. The maximum Gasteiger partial charge on any atom is 0.326 e. The number of benzene rings is 2. The second kappa shape index (κ2) is 8.58. The van der Waals surface area contributed by atoms with Crippen LogP contribution in [0.4, 0.5) is 10.5 Å². The van der Waals surface area contributed by atoms with Crippen molar-refractivity contribution in [2.24, 2.45) is 0 Å². The molecule has 7 heteroatoms. The maximum atomic E-state index is 12.1. The molecule has 0 heterocycles. The molecule has 2 amide bonds. The first-order valence-electron chi connectivity index (χ1n) is 7.59. The van der Waals surface area contributed by atoms with Crippen LogP contribution in [0, 0.1) is 0 Å². The lowest BCUT2D eigenvalue weighted by Crippen LogP contribution is -2.44. The zero-order valence-electron chi connectivity index (χ0n) is 14.0. The van der Waals surface area contributed by atoms with Crippen molar-refractivity contribution in [2.75, 3.05) is 19.5 Å². The number of nitrogens with one attached hydrogen (secondary N) is 2. The van der Waals surface area contributed by atoms with Gasteiger partial charge in [0.25, 0.3) is 0 Å². The first-order chi connectivity index (χ1) is 12.0. The number of carbonyl (C=O) groups is 2. The topological polar surface area (TPSA) is 96.9 Å². The molecule has 25 heavy (non-hydrogen) atoms. The van der Waals surface area contributed by atoms with E-state index >= 15 is 0 Å². The van der Waals surface area contributed by atoms with E-state index in [1.54, 1.807) is 18.2 Å². The summed E-state index contributed by atoms with van der Waals surface area (Å²) in [5.74, 6) is -0.0929. The predicted octanol–water partition coefficient (Wildman–Crippen LogP) is 2.52. The average Bonchev–Trinajstić information content (AvgIpc) is 2.61. The Kier molecular flexibility index (Phi) is 6.22. The minimum absolute atomic E-state index is 0.186. The molecule has 1 atom stereocenters. The highest BCUT2D eigenvalue weighted by molar-refractivity contribution is 5.92. The number of methoxy groups -OCH3 is 2. The molecule has 2 aromatic carbocycles. The van der Waals surface area contributed by atoms with E-state index in [1.807, 2.05) is 30.3 Å². The molecule has 0 fully saturated rings. The van der Waals surface area contributed by atoms with Gasteiger partial charge in [-0.1, -0.05) is 30.3 Å². The Morgan fingerprint density at radius 3 is 2.16 bits per heavy atom. The van der Waals surface area contributed by atoms with Gasteiger partial charge in [-0.15, -0.1) is 0 Å². The number of anilines is 1. The molecule has 0 aliphatic carbocycles. The second-order valence-electron chi connectivity index (χ2n) is 5.28. The number of carbonyl (C=O) groups excluding carboxylic acids is 1. The van der Waals surface area contributed by atoms with Crippen LogP contribution in [0.25, 0.3) is 0 Å². The molecule has 0 radical (unpaired) electrons. The SMILES string of the molecule is COc1cc(NC(=O)N[C@@H](Cc2ccccc2)C(=O)O)cc(OC)c1. The quantitative estimate of drug-likeness (QED) is 0.717. The third-order valence-electron chi connectivity index (χ3n) is 3.50. The van der Waals surface area contributed by atoms with Crippen LogP contribution in [0.5, 0.6) is 11.5 Å². The van der Waals surface area contributed by atoms with Gasteiger partial charge in [0.2, 0.25) is 0 Å². The van der Waals surface area contributed by atoms with E-state index in [0.29, 0.717) is 17.2 Å². The Morgan fingerprint density at radius 2 is 1.64 bits per heavy atom. The second-order valence-corrected chi connectivity index (χ2v) is 5.28. The lowest BCUT2D eigenvalue weighted by atomic mass is 10.1. The van der Waals surface area contributed by atoms with Crippen molar-refractivity contribution in [3.8, 4) is 11.5 Å². The first kappa shape index (κ1) is 18.1. The standard InChI is InChI=1S/C18H20N2O5/c1-24-14-9-13(10-15(11-14)25-2)19-18(23)20-16(17(21)22)8-12-6-4-3-5-7-12/h3-7,9-11,16H,8H2,1-2H3,(H,21,22)(H2,19,20,23)/t16-/m0/s1. The number of rotatable bonds is 7. The van der Waals surface area contributed by atoms with Gasteiger partial charge in [-0.2, -0.15) is 0 Å². The van der Waals surface area contributed by atoms with Gasteiger partial charge in [0, 0.05) is 30.3 Å². The number of carboxylic acids is 1.